The van der Waals surface area contributed by atoms with Crippen molar-refractivity contribution in [1.29, 1.82) is 0 Å². The van der Waals surface area contributed by atoms with Crippen molar-refractivity contribution in [2.45, 2.75) is 39.2 Å². The van der Waals surface area contributed by atoms with Crippen LogP contribution in [0.2, 0.25) is 5.02 Å². The third kappa shape index (κ3) is 3.98. The molecule has 0 aliphatic rings. The van der Waals surface area contributed by atoms with Gasteiger partial charge in [-0.05, 0) is 19.4 Å². The predicted octanol–water partition coefficient (Wildman–Crippen LogP) is 1.54. The lowest BCUT2D eigenvalue weighted by atomic mass is 10.1. The maximum Gasteiger partial charge on any atom is 0.0850 e. The number of nitrogens with one attached hydrogen (secondary N) is 1. The number of nitrogens with zero attached hydrogens (tertiary/aromatic N) is 2. The normalized spacial score (nSPS) is 13.0. The number of aryl methyl sites for hydroxylation is 2. The molecular formula is C12H22ClN3O. The molecule has 5 heteroatoms. The molecule has 1 aromatic heterocycles. The summed E-state index contributed by atoms with van der Waals surface area (Å²) < 4.78 is 1.77. The fourth-order valence-electron chi connectivity index (χ4n) is 1.78. The van der Waals surface area contributed by atoms with Crippen LogP contribution in [0.3, 0.4) is 0 Å². The minimum atomic E-state index is -0.417. The Morgan fingerprint density at radius 3 is 2.71 bits per heavy atom. The molecule has 17 heavy (non-hydrogen) atoms. The van der Waals surface area contributed by atoms with Gasteiger partial charge in [-0.25, -0.2) is 0 Å². The molecular weight excluding hydrogens is 238 g/mol. The zero-order valence-corrected chi connectivity index (χ0v) is 11.6. The highest BCUT2D eigenvalue weighted by atomic mass is 35.5. The van der Waals surface area contributed by atoms with Crippen molar-refractivity contribution in [1.82, 2.24) is 15.1 Å². The lowest BCUT2D eigenvalue weighted by molar-refractivity contribution is 0.169. The van der Waals surface area contributed by atoms with Gasteiger partial charge in [0, 0.05) is 20.0 Å². The highest BCUT2D eigenvalue weighted by Crippen LogP contribution is 2.21. The molecule has 1 rings (SSSR count). The van der Waals surface area contributed by atoms with Gasteiger partial charge in [0.2, 0.25) is 0 Å². The van der Waals surface area contributed by atoms with Crippen LogP contribution in [0, 0.1) is 0 Å². The molecule has 0 amide bonds. The lowest BCUT2D eigenvalue weighted by Gasteiger charge is -2.11. The van der Waals surface area contributed by atoms with Crippen LogP contribution in [0.5, 0.6) is 0 Å². The van der Waals surface area contributed by atoms with E-state index in [9.17, 15) is 5.11 Å². The van der Waals surface area contributed by atoms with E-state index < -0.39 is 6.10 Å². The number of hydrogen-bond acceptors (Lipinski definition) is 3. The van der Waals surface area contributed by atoms with Gasteiger partial charge in [-0.1, -0.05) is 25.4 Å². The van der Waals surface area contributed by atoms with E-state index in [-0.39, 0.29) is 0 Å². The van der Waals surface area contributed by atoms with E-state index >= 15 is 0 Å². The maximum absolute atomic E-state index is 9.90. The van der Waals surface area contributed by atoms with Crippen LogP contribution >= 0.6 is 11.6 Å². The Balaban J connectivity index is 2.58. The summed E-state index contributed by atoms with van der Waals surface area (Å²) in [7, 11) is 1.87. The number of halogens is 1. The second-order valence-corrected chi connectivity index (χ2v) is 4.62. The first-order chi connectivity index (χ1) is 8.10. The van der Waals surface area contributed by atoms with Gasteiger partial charge >= 0.3 is 0 Å². The average molecular weight is 260 g/mol. The summed E-state index contributed by atoms with van der Waals surface area (Å²) in [5.74, 6) is 0. The number of hydrogen-bond donors (Lipinski definition) is 2. The van der Waals surface area contributed by atoms with Crippen molar-refractivity contribution in [3.63, 3.8) is 0 Å². The molecule has 0 radical (unpaired) electrons. The van der Waals surface area contributed by atoms with E-state index in [4.69, 9.17) is 11.6 Å². The van der Waals surface area contributed by atoms with Crippen molar-refractivity contribution in [3.8, 4) is 0 Å². The SMILES string of the molecule is CCCNCC(O)Cc1c(Cl)c(CC)nn1C. The highest BCUT2D eigenvalue weighted by molar-refractivity contribution is 6.31. The van der Waals surface area contributed by atoms with E-state index in [0.29, 0.717) is 18.0 Å². The summed E-state index contributed by atoms with van der Waals surface area (Å²) in [6, 6.07) is 0. The lowest BCUT2D eigenvalue weighted by Crippen LogP contribution is -2.29. The van der Waals surface area contributed by atoms with E-state index in [2.05, 4.69) is 17.3 Å². The molecule has 0 saturated carbocycles. The van der Waals surface area contributed by atoms with Gasteiger partial charge in [-0.2, -0.15) is 5.10 Å². The molecule has 0 aliphatic heterocycles. The quantitative estimate of drug-likeness (QED) is 0.731. The Morgan fingerprint density at radius 1 is 1.47 bits per heavy atom. The van der Waals surface area contributed by atoms with Crippen LogP contribution < -0.4 is 5.32 Å². The van der Waals surface area contributed by atoms with Crippen LogP contribution in [0.25, 0.3) is 0 Å². The minimum absolute atomic E-state index is 0.417. The third-order valence-corrected chi connectivity index (χ3v) is 3.17. The van der Waals surface area contributed by atoms with Crippen molar-refractivity contribution in [2.24, 2.45) is 7.05 Å². The summed E-state index contributed by atoms with van der Waals surface area (Å²) >= 11 is 6.22. The van der Waals surface area contributed by atoms with Crippen LogP contribution in [-0.2, 0) is 19.9 Å². The van der Waals surface area contributed by atoms with Gasteiger partial charge in [-0.15, -0.1) is 0 Å². The van der Waals surface area contributed by atoms with Gasteiger partial charge in [-0.3, -0.25) is 4.68 Å². The first-order valence-electron chi connectivity index (χ1n) is 6.19. The van der Waals surface area contributed by atoms with Crippen molar-refractivity contribution >= 4 is 11.6 Å². The summed E-state index contributed by atoms with van der Waals surface area (Å²) in [5, 5.41) is 18.1. The van der Waals surface area contributed by atoms with Crippen LogP contribution in [-0.4, -0.2) is 34.1 Å². The fraction of sp³-hybridized carbons (Fsp3) is 0.750. The standard InChI is InChI=1S/C12H22ClN3O/c1-4-6-14-8-9(17)7-11-12(13)10(5-2)15-16(11)3/h9,14,17H,4-8H2,1-3H3. The van der Waals surface area contributed by atoms with E-state index in [1.807, 2.05) is 14.0 Å². The molecule has 2 N–H and O–H groups in total. The van der Waals surface area contributed by atoms with E-state index in [0.717, 1.165) is 30.8 Å². The first-order valence-corrected chi connectivity index (χ1v) is 6.56. The van der Waals surface area contributed by atoms with Crippen LogP contribution in [0.4, 0.5) is 0 Å². The van der Waals surface area contributed by atoms with Crippen molar-refractivity contribution < 1.29 is 5.11 Å². The van der Waals surface area contributed by atoms with Crippen molar-refractivity contribution in [3.05, 3.63) is 16.4 Å². The maximum atomic E-state index is 9.90. The molecule has 1 atom stereocenters. The Kier molecular flexibility index (Phi) is 5.95. The zero-order chi connectivity index (χ0) is 12.8. The zero-order valence-electron chi connectivity index (χ0n) is 10.8. The van der Waals surface area contributed by atoms with E-state index in [1.165, 1.54) is 0 Å². The Morgan fingerprint density at radius 2 is 2.18 bits per heavy atom. The highest BCUT2D eigenvalue weighted by Gasteiger charge is 2.16. The molecule has 0 spiro atoms. The molecule has 98 valence electrons. The van der Waals surface area contributed by atoms with Crippen molar-refractivity contribution in [2.75, 3.05) is 13.1 Å². The van der Waals surface area contributed by atoms with Gasteiger partial charge in [0.15, 0.2) is 0 Å². The number of rotatable bonds is 7. The van der Waals surface area contributed by atoms with Gasteiger partial charge in [0.05, 0.1) is 22.5 Å². The van der Waals surface area contributed by atoms with Gasteiger partial charge < -0.3 is 10.4 Å². The Labute approximate surface area is 108 Å². The van der Waals surface area contributed by atoms with Crippen LogP contribution in [0.1, 0.15) is 31.7 Å². The number of aliphatic hydroxyl groups excluding tert-OH is 1. The topological polar surface area (TPSA) is 50.1 Å². The summed E-state index contributed by atoms with van der Waals surface area (Å²) in [5.41, 5.74) is 1.81. The predicted molar refractivity (Wildman–Crippen MR) is 70.5 cm³/mol. The molecule has 0 saturated heterocycles. The fourth-order valence-corrected chi connectivity index (χ4v) is 2.15. The Bertz CT molecular complexity index is 352. The average Bonchev–Trinajstić information content (AvgIpc) is 2.57. The van der Waals surface area contributed by atoms with Gasteiger partial charge in [0.25, 0.3) is 0 Å². The molecule has 1 heterocycles. The summed E-state index contributed by atoms with van der Waals surface area (Å²) in [4.78, 5) is 0. The molecule has 1 unspecified atom stereocenters. The first kappa shape index (κ1) is 14.5. The third-order valence-electron chi connectivity index (χ3n) is 2.74. The Hall–Kier alpha value is -0.580. The molecule has 0 aromatic carbocycles. The van der Waals surface area contributed by atoms with E-state index in [1.54, 1.807) is 4.68 Å². The molecule has 4 nitrogen and oxygen atoms in total. The second-order valence-electron chi connectivity index (χ2n) is 4.25. The minimum Gasteiger partial charge on any atom is -0.391 e. The van der Waals surface area contributed by atoms with Crippen LogP contribution in [0.15, 0.2) is 0 Å². The number of aromatic nitrogens is 2. The summed E-state index contributed by atoms with van der Waals surface area (Å²) in [6.07, 6.45) is 2.01. The largest absolute Gasteiger partial charge is 0.391 e. The smallest absolute Gasteiger partial charge is 0.0850 e. The molecule has 0 fully saturated rings. The number of aliphatic hydroxyl groups is 1. The summed E-state index contributed by atoms with van der Waals surface area (Å²) in [6.45, 7) is 5.65. The van der Waals surface area contributed by atoms with Gasteiger partial charge in [0.1, 0.15) is 0 Å². The molecule has 0 aliphatic carbocycles. The second kappa shape index (κ2) is 6.99. The molecule has 1 aromatic rings. The monoisotopic (exact) mass is 259 g/mol. The molecule has 0 bridgehead atoms.